The maximum absolute atomic E-state index is 5.93. The van der Waals surface area contributed by atoms with Gasteiger partial charge in [0.25, 0.3) is 0 Å². The molecular formula is C20H24ClN3O. The van der Waals surface area contributed by atoms with Crippen LogP contribution >= 0.6 is 11.6 Å². The molecule has 132 valence electrons. The zero-order chi connectivity index (χ0) is 17.8. The Balaban J connectivity index is 1.86. The summed E-state index contributed by atoms with van der Waals surface area (Å²) in [6.07, 6.45) is 1.02. The van der Waals surface area contributed by atoms with Gasteiger partial charge in [0.1, 0.15) is 18.2 Å². The molecule has 0 aliphatic carbocycles. The molecule has 4 nitrogen and oxygen atoms in total. The van der Waals surface area contributed by atoms with Crippen LogP contribution in [0.3, 0.4) is 0 Å². The molecule has 0 bridgehead atoms. The summed E-state index contributed by atoms with van der Waals surface area (Å²) in [6, 6.07) is 13.7. The van der Waals surface area contributed by atoms with Gasteiger partial charge in [0.15, 0.2) is 0 Å². The number of nitrogens with zero attached hydrogens (tertiary/aromatic N) is 2. The van der Waals surface area contributed by atoms with E-state index >= 15 is 0 Å². The van der Waals surface area contributed by atoms with E-state index in [0.717, 1.165) is 35.6 Å². The van der Waals surface area contributed by atoms with Gasteiger partial charge in [-0.2, -0.15) is 0 Å². The van der Waals surface area contributed by atoms with E-state index in [1.165, 1.54) is 5.56 Å². The van der Waals surface area contributed by atoms with Crippen LogP contribution in [0, 0.1) is 12.8 Å². The predicted octanol–water partition coefficient (Wildman–Crippen LogP) is 4.56. The second kappa shape index (κ2) is 7.89. The lowest BCUT2D eigenvalue weighted by Gasteiger charge is -2.13. The first-order chi connectivity index (χ1) is 12.1. The average molecular weight is 358 g/mol. The van der Waals surface area contributed by atoms with Gasteiger partial charge in [-0.1, -0.05) is 30.7 Å². The van der Waals surface area contributed by atoms with Crippen molar-refractivity contribution in [2.24, 2.45) is 11.7 Å². The van der Waals surface area contributed by atoms with Crippen LogP contribution in [0.4, 0.5) is 0 Å². The van der Waals surface area contributed by atoms with Crippen LogP contribution in [0.5, 0.6) is 5.75 Å². The molecule has 1 aromatic heterocycles. The number of aromatic nitrogens is 2. The Morgan fingerprint density at radius 2 is 1.96 bits per heavy atom. The van der Waals surface area contributed by atoms with Gasteiger partial charge in [0.05, 0.1) is 11.0 Å². The average Bonchev–Trinajstić information content (AvgIpc) is 2.98. The van der Waals surface area contributed by atoms with E-state index in [1.807, 2.05) is 24.3 Å². The van der Waals surface area contributed by atoms with Gasteiger partial charge in [-0.3, -0.25) is 0 Å². The predicted molar refractivity (Wildman–Crippen MR) is 103 cm³/mol. The number of imidazole rings is 1. The highest BCUT2D eigenvalue weighted by Gasteiger charge is 2.13. The third-order valence-corrected chi connectivity index (χ3v) is 4.74. The SMILES string of the molecule is Cc1cccc2c1nc(COc1ccc(Cl)cc1)n2CCC(C)CN. The Bertz CT molecular complexity index is 842. The summed E-state index contributed by atoms with van der Waals surface area (Å²) in [5, 5.41) is 0.700. The molecule has 0 spiro atoms. The van der Waals surface area contributed by atoms with Crippen LogP contribution in [0.1, 0.15) is 24.7 Å². The number of hydrogen-bond donors (Lipinski definition) is 1. The normalized spacial score (nSPS) is 12.5. The Hall–Kier alpha value is -2.04. The maximum atomic E-state index is 5.93. The van der Waals surface area contributed by atoms with Crippen molar-refractivity contribution in [2.45, 2.75) is 33.4 Å². The molecule has 0 aliphatic rings. The van der Waals surface area contributed by atoms with E-state index in [-0.39, 0.29) is 0 Å². The van der Waals surface area contributed by atoms with Gasteiger partial charge in [-0.05, 0) is 61.7 Å². The largest absolute Gasteiger partial charge is 0.486 e. The Kier molecular flexibility index (Phi) is 5.61. The fourth-order valence-electron chi connectivity index (χ4n) is 2.84. The summed E-state index contributed by atoms with van der Waals surface area (Å²) < 4.78 is 8.18. The summed E-state index contributed by atoms with van der Waals surface area (Å²) in [5.74, 6) is 2.20. The molecule has 1 atom stereocenters. The topological polar surface area (TPSA) is 53.1 Å². The molecule has 0 amide bonds. The summed E-state index contributed by atoms with van der Waals surface area (Å²) in [6.45, 7) is 6.27. The molecule has 0 radical (unpaired) electrons. The summed E-state index contributed by atoms with van der Waals surface area (Å²) in [7, 11) is 0. The molecule has 25 heavy (non-hydrogen) atoms. The Morgan fingerprint density at radius 3 is 2.68 bits per heavy atom. The standard InChI is InChI=1S/C20H24ClN3O/c1-14(12-22)10-11-24-18-5-3-4-15(2)20(18)23-19(24)13-25-17-8-6-16(21)7-9-17/h3-9,14H,10-13,22H2,1-2H3. The highest BCUT2D eigenvalue weighted by molar-refractivity contribution is 6.30. The molecule has 3 rings (SSSR count). The molecule has 0 fully saturated rings. The van der Waals surface area contributed by atoms with Crippen LogP contribution in [-0.2, 0) is 13.2 Å². The number of fused-ring (bicyclic) bond motifs is 1. The van der Waals surface area contributed by atoms with Crippen molar-refractivity contribution in [1.82, 2.24) is 9.55 Å². The monoisotopic (exact) mass is 357 g/mol. The lowest BCUT2D eigenvalue weighted by atomic mass is 10.1. The number of rotatable bonds is 7. The number of para-hydroxylation sites is 1. The fourth-order valence-corrected chi connectivity index (χ4v) is 2.97. The molecule has 3 aromatic rings. The molecule has 0 aliphatic heterocycles. The smallest absolute Gasteiger partial charge is 0.148 e. The number of aryl methyl sites for hydroxylation is 2. The van der Waals surface area contributed by atoms with Crippen LogP contribution in [0.15, 0.2) is 42.5 Å². The second-order valence-electron chi connectivity index (χ2n) is 6.49. The van der Waals surface area contributed by atoms with Gasteiger partial charge in [-0.25, -0.2) is 4.98 Å². The first-order valence-electron chi connectivity index (χ1n) is 8.61. The summed E-state index contributed by atoms with van der Waals surface area (Å²) >= 11 is 5.93. The molecule has 5 heteroatoms. The molecule has 0 saturated heterocycles. The fraction of sp³-hybridized carbons (Fsp3) is 0.350. The van der Waals surface area contributed by atoms with Crippen molar-refractivity contribution >= 4 is 22.6 Å². The first kappa shape index (κ1) is 17.8. The highest BCUT2D eigenvalue weighted by Crippen LogP contribution is 2.23. The van der Waals surface area contributed by atoms with Crippen molar-refractivity contribution in [2.75, 3.05) is 6.54 Å². The van der Waals surface area contributed by atoms with E-state index in [2.05, 4.69) is 36.6 Å². The number of benzene rings is 2. The minimum absolute atomic E-state index is 0.423. The summed E-state index contributed by atoms with van der Waals surface area (Å²) in [5.41, 5.74) is 9.14. The van der Waals surface area contributed by atoms with Gasteiger partial charge in [-0.15, -0.1) is 0 Å². The third kappa shape index (κ3) is 4.14. The lowest BCUT2D eigenvalue weighted by Crippen LogP contribution is -2.15. The zero-order valence-electron chi connectivity index (χ0n) is 14.7. The molecule has 2 N–H and O–H groups in total. The van der Waals surface area contributed by atoms with Crippen molar-refractivity contribution < 1.29 is 4.74 Å². The van der Waals surface area contributed by atoms with Crippen molar-refractivity contribution in [3.05, 3.63) is 58.9 Å². The lowest BCUT2D eigenvalue weighted by molar-refractivity contribution is 0.288. The van der Waals surface area contributed by atoms with E-state index < -0.39 is 0 Å². The van der Waals surface area contributed by atoms with Crippen molar-refractivity contribution in [1.29, 1.82) is 0 Å². The Morgan fingerprint density at radius 1 is 1.20 bits per heavy atom. The third-order valence-electron chi connectivity index (χ3n) is 4.49. The molecule has 1 heterocycles. The van der Waals surface area contributed by atoms with E-state index in [1.54, 1.807) is 0 Å². The van der Waals surface area contributed by atoms with Gasteiger partial charge in [0.2, 0.25) is 0 Å². The number of halogens is 1. The molecular weight excluding hydrogens is 334 g/mol. The number of ether oxygens (including phenoxy) is 1. The van der Waals surface area contributed by atoms with Gasteiger partial charge < -0.3 is 15.0 Å². The Labute approximate surface area is 153 Å². The van der Waals surface area contributed by atoms with E-state index in [4.69, 9.17) is 27.1 Å². The quantitative estimate of drug-likeness (QED) is 0.674. The minimum atomic E-state index is 0.423. The van der Waals surface area contributed by atoms with Crippen molar-refractivity contribution in [3.63, 3.8) is 0 Å². The zero-order valence-corrected chi connectivity index (χ0v) is 15.5. The highest BCUT2D eigenvalue weighted by atomic mass is 35.5. The van der Waals surface area contributed by atoms with Crippen LogP contribution < -0.4 is 10.5 Å². The molecule has 0 saturated carbocycles. The van der Waals surface area contributed by atoms with Crippen LogP contribution in [0.2, 0.25) is 5.02 Å². The molecule has 2 aromatic carbocycles. The van der Waals surface area contributed by atoms with E-state index in [0.29, 0.717) is 24.1 Å². The van der Waals surface area contributed by atoms with Gasteiger partial charge >= 0.3 is 0 Å². The summed E-state index contributed by atoms with van der Waals surface area (Å²) in [4.78, 5) is 4.83. The van der Waals surface area contributed by atoms with Crippen molar-refractivity contribution in [3.8, 4) is 5.75 Å². The minimum Gasteiger partial charge on any atom is -0.486 e. The number of hydrogen-bond acceptors (Lipinski definition) is 3. The maximum Gasteiger partial charge on any atom is 0.148 e. The molecule has 1 unspecified atom stereocenters. The second-order valence-corrected chi connectivity index (χ2v) is 6.93. The number of nitrogens with two attached hydrogens (primary N) is 1. The first-order valence-corrected chi connectivity index (χ1v) is 8.99. The van der Waals surface area contributed by atoms with Crippen LogP contribution in [0.25, 0.3) is 11.0 Å². The van der Waals surface area contributed by atoms with Crippen LogP contribution in [-0.4, -0.2) is 16.1 Å². The van der Waals surface area contributed by atoms with Gasteiger partial charge in [0, 0.05) is 11.6 Å². The van der Waals surface area contributed by atoms with E-state index in [9.17, 15) is 0 Å².